The van der Waals surface area contributed by atoms with Gasteiger partial charge in [-0.3, -0.25) is 9.59 Å². The maximum Gasteiger partial charge on any atom is 0.323 e. The average molecular weight is 300 g/mol. The minimum absolute atomic E-state index is 0.156. The van der Waals surface area contributed by atoms with Crippen LogP contribution < -0.4 is 4.74 Å². The summed E-state index contributed by atoms with van der Waals surface area (Å²) in [5.74, 6) is -0.928. The van der Waals surface area contributed by atoms with Gasteiger partial charge in [0.05, 0.1) is 12.7 Å². The van der Waals surface area contributed by atoms with Crippen molar-refractivity contribution in [1.29, 1.82) is 0 Å². The molecule has 0 aliphatic heterocycles. The molecule has 1 amide bonds. The standard InChI is InChI=1S/C14H18ClNO4/c1-9(2)7-16(8-13(17)18)14(19)11-6-10(15)4-5-12(11)20-3/h4-6,9H,7-8H2,1-3H3,(H,17,18). The first kappa shape index (κ1) is 16.3. The molecule has 5 nitrogen and oxygen atoms in total. The van der Waals surface area contributed by atoms with Crippen LogP contribution in [0.4, 0.5) is 0 Å². The number of aliphatic carboxylic acids is 1. The van der Waals surface area contributed by atoms with E-state index in [0.717, 1.165) is 0 Å². The molecule has 0 aromatic heterocycles. The third-order valence-corrected chi connectivity index (χ3v) is 2.83. The van der Waals surface area contributed by atoms with Crippen molar-refractivity contribution in [2.45, 2.75) is 13.8 Å². The summed E-state index contributed by atoms with van der Waals surface area (Å²) in [7, 11) is 1.45. The van der Waals surface area contributed by atoms with Gasteiger partial charge >= 0.3 is 5.97 Å². The number of carbonyl (C=O) groups excluding carboxylic acids is 1. The molecule has 0 fully saturated rings. The van der Waals surface area contributed by atoms with Crippen LogP contribution in [-0.2, 0) is 4.79 Å². The van der Waals surface area contributed by atoms with Gasteiger partial charge in [0.25, 0.3) is 5.91 Å². The van der Waals surface area contributed by atoms with Crippen LogP contribution >= 0.6 is 11.6 Å². The topological polar surface area (TPSA) is 66.8 Å². The maximum atomic E-state index is 12.5. The summed E-state index contributed by atoms with van der Waals surface area (Å²) in [5.41, 5.74) is 0.266. The van der Waals surface area contributed by atoms with Crippen molar-refractivity contribution in [3.63, 3.8) is 0 Å². The van der Waals surface area contributed by atoms with Crippen molar-refractivity contribution in [2.75, 3.05) is 20.2 Å². The molecule has 1 aromatic carbocycles. The van der Waals surface area contributed by atoms with E-state index in [1.807, 2.05) is 13.8 Å². The number of halogens is 1. The van der Waals surface area contributed by atoms with Crippen LogP contribution in [0, 0.1) is 5.92 Å². The third-order valence-electron chi connectivity index (χ3n) is 2.59. The normalized spacial score (nSPS) is 10.4. The van der Waals surface area contributed by atoms with Gasteiger partial charge in [0.1, 0.15) is 12.3 Å². The fourth-order valence-electron chi connectivity index (χ4n) is 1.84. The number of rotatable bonds is 6. The van der Waals surface area contributed by atoms with E-state index in [1.54, 1.807) is 12.1 Å². The second kappa shape index (κ2) is 7.14. The molecule has 0 radical (unpaired) electrons. The molecule has 1 aromatic rings. The van der Waals surface area contributed by atoms with Gasteiger partial charge in [-0.2, -0.15) is 0 Å². The van der Waals surface area contributed by atoms with Crippen molar-refractivity contribution in [3.8, 4) is 5.75 Å². The molecular formula is C14H18ClNO4. The van der Waals surface area contributed by atoms with E-state index < -0.39 is 11.9 Å². The Bertz CT molecular complexity index is 502. The van der Waals surface area contributed by atoms with E-state index in [0.29, 0.717) is 17.3 Å². The molecule has 0 saturated heterocycles. The second-order valence-corrected chi connectivity index (χ2v) is 5.25. The molecule has 1 rings (SSSR count). The van der Waals surface area contributed by atoms with E-state index in [-0.39, 0.29) is 18.0 Å². The number of methoxy groups -OCH3 is 1. The Kier molecular flexibility index (Phi) is 5.82. The molecule has 1 N–H and O–H groups in total. The maximum absolute atomic E-state index is 12.5. The number of nitrogens with zero attached hydrogens (tertiary/aromatic N) is 1. The average Bonchev–Trinajstić information content (AvgIpc) is 2.36. The lowest BCUT2D eigenvalue weighted by atomic mass is 10.1. The van der Waals surface area contributed by atoms with Crippen molar-refractivity contribution < 1.29 is 19.4 Å². The van der Waals surface area contributed by atoms with Gasteiger partial charge in [0.15, 0.2) is 0 Å². The quantitative estimate of drug-likeness (QED) is 0.876. The highest BCUT2D eigenvalue weighted by molar-refractivity contribution is 6.31. The number of carboxylic acids is 1. The number of hydrogen-bond donors (Lipinski definition) is 1. The molecule has 0 atom stereocenters. The van der Waals surface area contributed by atoms with Crippen LogP contribution in [0.2, 0.25) is 5.02 Å². The molecule has 0 aliphatic carbocycles. The van der Waals surface area contributed by atoms with E-state index >= 15 is 0 Å². The van der Waals surface area contributed by atoms with Crippen LogP contribution in [0.15, 0.2) is 18.2 Å². The SMILES string of the molecule is COc1ccc(Cl)cc1C(=O)N(CC(=O)O)CC(C)C. The molecule has 0 saturated carbocycles. The Balaban J connectivity index is 3.10. The number of amides is 1. The molecule has 0 spiro atoms. The van der Waals surface area contributed by atoms with E-state index in [4.69, 9.17) is 21.4 Å². The molecule has 110 valence electrons. The summed E-state index contributed by atoms with van der Waals surface area (Å²) >= 11 is 5.89. The molecule has 0 heterocycles. The lowest BCUT2D eigenvalue weighted by Gasteiger charge is -2.23. The number of carboxylic acid groups (broad SMARTS) is 1. The predicted octanol–water partition coefficient (Wildman–Crippen LogP) is 2.53. The van der Waals surface area contributed by atoms with Gasteiger partial charge in [0, 0.05) is 11.6 Å². The molecule has 0 bridgehead atoms. The van der Waals surface area contributed by atoms with Gasteiger partial charge in [-0.15, -0.1) is 0 Å². The number of benzene rings is 1. The minimum atomic E-state index is -1.06. The second-order valence-electron chi connectivity index (χ2n) is 4.82. The van der Waals surface area contributed by atoms with Crippen LogP contribution in [-0.4, -0.2) is 42.1 Å². The molecule has 6 heteroatoms. The Morgan fingerprint density at radius 2 is 2.05 bits per heavy atom. The minimum Gasteiger partial charge on any atom is -0.496 e. The summed E-state index contributed by atoms with van der Waals surface area (Å²) in [5, 5.41) is 9.32. The molecule has 20 heavy (non-hydrogen) atoms. The van der Waals surface area contributed by atoms with Crippen molar-refractivity contribution in [2.24, 2.45) is 5.92 Å². The van der Waals surface area contributed by atoms with Crippen molar-refractivity contribution in [1.82, 2.24) is 4.90 Å². The van der Waals surface area contributed by atoms with Crippen molar-refractivity contribution >= 4 is 23.5 Å². The smallest absolute Gasteiger partial charge is 0.323 e. The Labute approximate surface area is 123 Å². The lowest BCUT2D eigenvalue weighted by molar-refractivity contribution is -0.137. The van der Waals surface area contributed by atoms with Crippen LogP contribution in [0.3, 0.4) is 0 Å². The largest absolute Gasteiger partial charge is 0.496 e. The third kappa shape index (κ3) is 4.42. The van der Waals surface area contributed by atoms with Gasteiger partial charge in [-0.05, 0) is 24.1 Å². The van der Waals surface area contributed by atoms with Crippen LogP contribution in [0.1, 0.15) is 24.2 Å². The van der Waals surface area contributed by atoms with E-state index in [2.05, 4.69) is 0 Å². The van der Waals surface area contributed by atoms with Crippen molar-refractivity contribution in [3.05, 3.63) is 28.8 Å². The highest BCUT2D eigenvalue weighted by atomic mass is 35.5. The first-order valence-electron chi connectivity index (χ1n) is 6.19. The zero-order valence-corrected chi connectivity index (χ0v) is 12.5. The fourth-order valence-corrected chi connectivity index (χ4v) is 2.01. The summed E-state index contributed by atoms with van der Waals surface area (Å²) in [6.07, 6.45) is 0. The lowest BCUT2D eigenvalue weighted by Crippen LogP contribution is -2.38. The van der Waals surface area contributed by atoms with E-state index in [1.165, 1.54) is 18.1 Å². The highest BCUT2D eigenvalue weighted by Crippen LogP contribution is 2.24. The molecule has 0 aliphatic rings. The Hall–Kier alpha value is -1.75. The predicted molar refractivity (Wildman–Crippen MR) is 76.4 cm³/mol. The monoisotopic (exact) mass is 299 g/mol. The van der Waals surface area contributed by atoms with Crippen LogP contribution in [0.5, 0.6) is 5.75 Å². The number of carbonyl (C=O) groups is 2. The van der Waals surface area contributed by atoms with E-state index in [9.17, 15) is 9.59 Å². The first-order valence-corrected chi connectivity index (χ1v) is 6.57. The first-order chi connectivity index (χ1) is 9.35. The summed E-state index contributed by atoms with van der Waals surface area (Å²) in [6, 6.07) is 4.68. The van der Waals surface area contributed by atoms with Crippen LogP contribution in [0.25, 0.3) is 0 Å². The zero-order chi connectivity index (χ0) is 15.3. The summed E-state index contributed by atoms with van der Waals surface area (Å²) in [6.45, 7) is 3.82. The Morgan fingerprint density at radius 1 is 1.40 bits per heavy atom. The number of hydrogen-bond acceptors (Lipinski definition) is 3. The fraction of sp³-hybridized carbons (Fsp3) is 0.429. The number of ether oxygens (including phenoxy) is 1. The highest BCUT2D eigenvalue weighted by Gasteiger charge is 2.22. The van der Waals surface area contributed by atoms with Gasteiger partial charge < -0.3 is 14.7 Å². The van der Waals surface area contributed by atoms with Gasteiger partial charge in [-0.1, -0.05) is 25.4 Å². The Morgan fingerprint density at radius 3 is 2.55 bits per heavy atom. The molecular weight excluding hydrogens is 282 g/mol. The van der Waals surface area contributed by atoms with Gasteiger partial charge in [-0.25, -0.2) is 0 Å². The summed E-state index contributed by atoms with van der Waals surface area (Å²) in [4.78, 5) is 24.6. The molecule has 0 unspecified atom stereocenters. The zero-order valence-electron chi connectivity index (χ0n) is 11.7. The summed E-state index contributed by atoms with van der Waals surface area (Å²) < 4.78 is 5.13. The van der Waals surface area contributed by atoms with Gasteiger partial charge in [0.2, 0.25) is 0 Å².